The number of aryl methyl sites for hydroxylation is 1. The molecule has 18 heavy (non-hydrogen) atoms. The Morgan fingerprint density at radius 3 is 2.33 bits per heavy atom. The molecule has 1 aromatic rings. The molecule has 1 fully saturated rings. The summed E-state index contributed by atoms with van der Waals surface area (Å²) in [5.41, 5.74) is 2.34. The lowest BCUT2D eigenvalue weighted by Crippen LogP contribution is -2.13. The van der Waals surface area contributed by atoms with Gasteiger partial charge in [0.15, 0.2) is 11.5 Å². The summed E-state index contributed by atoms with van der Waals surface area (Å²) in [6.45, 7) is 2.08. The second-order valence-electron chi connectivity index (χ2n) is 5.06. The Hall–Kier alpha value is -0.890. The molecule has 0 aliphatic heterocycles. The van der Waals surface area contributed by atoms with E-state index < -0.39 is 0 Å². The van der Waals surface area contributed by atoms with Gasteiger partial charge in [-0.2, -0.15) is 0 Å². The number of methoxy groups -OCH3 is 2. The Bertz CT molecular complexity index is 413. The van der Waals surface area contributed by atoms with Crippen molar-refractivity contribution in [2.75, 3.05) is 14.2 Å². The van der Waals surface area contributed by atoms with E-state index in [2.05, 4.69) is 6.92 Å². The van der Waals surface area contributed by atoms with Crippen molar-refractivity contribution in [1.82, 2.24) is 0 Å². The molecule has 0 amide bonds. The highest BCUT2D eigenvalue weighted by molar-refractivity contribution is 6.21. The van der Waals surface area contributed by atoms with Crippen LogP contribution in [0.3, 0.4) is 0 Å². The first-order valence-electron chi connectivity index (χ1n) is 6.52. The Labute approximate surface area is 114 Å². The van der Waals surface area contributed by atoms with E-state index in [1.807, 2.05) is 12.1 Å². The van der Waals surface area contributed by atoms with Crippen molar-refractivity contribution >= 4 is 11.6 Å². The standard InChI is InChI=1S/C15H21ClO2/c1-10-7-14(17-2)15(18-3)9-12(10)13(16)8-11-5-4-6-11/h7,9,11,13H,4-6,8H2,1-3H3. The predicted molar refractivity (Wildman–Crippen MR) is 74.8 cm³/mol. The summed E-state index contributed by atoms with van der Waals surface area (Å²) in [5, 5.41) is 0.0788. The second kappa shape index (κ2) is 5.83. The van der Waals surface area contributed by atoms with Crippen LogP contribution in [0.2, 0.25) is 0 Å². The van der Waals surface area contributed by atoms with E-state index in [1.54, 1.807) is 14.2 Å². The molecule has 0 aromatic heterocycles. The van der Waals surface area contributed by atoms with Gasteiger partial charge < -0.3 is 9.47 Å². The Kier molecular flexibility index (Phi) is 4.39. The zero-order chi connectivity index (χ0) is 13.1. The molecule has 2 rings (SSSR count). The molecule has 100 valence electrons. The normalized spacial score (nSPS) is 17.1. The van der Waals surface area contributed by atoms with E-state index in [-0.39, 0.29) is 5.38 Å². The summed E-state index contributed by atoms with van der Waals surface area (Å²) in [5.74, 6) is 2.34. The number of ether oxygens (including phenoxy) is 2. The summed E-state index contributed by atoms with van der Waals surface area (Å²) >= 11 is 6.55. The fourth-order valence-corrected chi connectivity index (χ4v) is 2.97. The summed E-state index contributed by atoms with van der Waals surface area (Å²) in [4.78, 5) is 0. The largest absolute Gasteiger partial charge is 0.493 e. The van der Waals surface area contributed by atoms with Crippen molar-refractivity contribution in [3.63, 3.8) is 0 Å². The van der Waals surface area contributed by atoms with E-state index in [1.165, 1.54) is 30.4 Å². The lowest BCUT2D eigenvalue weighted by atomic mass is 9.81. The highest BCUT2D eigenvalue weighted by atomic mass is 35.5. The molecular formula is C15H21ClO2. The van der Waals surface area contributed by atoms with Gasteiger partial charge in [-0.3, -0.25) is 0 Å². The van der Waals surface area contributed by atoms with E-state index in [0.717, 1.165) is 23.8 Å². The van der Waals surface area contributed by atoms with Gasteiger partial charge in [0.25, 0.3) is 0 Å². The van der Waals surface area contributed by atoms with Gasteiger partial charge in [-0.05, 0) is 42.5 Å². The molecule has 0 heterocycles. The average molecular weight is 269 g/mol. The van der Waals surface area contributed by atoms with E-state index in [4.69, 9.17) is 21.1 Å². The van der Waals surface area contributed by atoms with Gasteiger partial charge in [0.1, 0.15) is 0 Å². The Morgan fingerprint density at radius 2 is 1.83 bits per heavy atom. The number of hydrogen-bond donors (Lipinski definition) is 0. The number of benzene rings is 1. The van der Waals surface area contributed by atoms with Crippen LogP contribution in [0.15, 0.2) is 12.1 Å². The molecule has 0 N–H and O–H groups in total. The minimum Gasteiger partial charge on any atom is -0.493 e. The second-order valence-corrected chi connectivity index (χ2v) is 5.59. The van der Waals surface area contributed by atoms with Gasteiger partial charge >= 0.3 is 0 Å². The van der Waals surface area contributed by atoms with E-state index in [0.29, 0.717) is 0 Å². The summed E-state index contributed by atoms with van der Waals surface area (Å²) in [7, 11) is 3.32. The van der Waals surface area contributed by atoms with E-state index in [9.17, 15) is 0 Å². The molecule has 1 unspecified atom stereocenters. The monoisotopic (exact) mass is 268 g/mol. The zero-order valence-electron chi connectivity index (χ0n) is 11.3. The third-order valence-electron chi connectivity index (χ3n) is 3.87. The van der Waals surface area contributed by atoms with Gasteiger partial charge in [0, 0.05) is 0 Å². The fraction of sp³-hybridized carbons (Fsp3) is 0.600. The summed E-state index contributed by atoms with van der Waals surface area (Å²) < 4.78 is 10.6. The molecule has 0 radical (unpaired) electrons. The number of halogens is 1. The van der Waals surface area contributed by atoms with Crippen molar-refractivity contribution in [2.45, 2.75) is 38.0 Å². The molecule has 1 aromatic carbocycles. The molecule has 1 atom stereocenters. The lowest BCUT2D eigenvalue weighted by molar-refractivity contribution is 0.293. The summed E-state index contributed by atoms with van der Waals surface area (Å²) in [6, 6.07) is 4.02. The van der Waals surface area contributed by atoms with Gasteiger partial charge in [-0.15, -0.1) is 11.6 Å². The average Bonchev–Trinajstić information content (AvgIpc) is 2.33. The zero-order valence-corrected chi connectivity index (χ0v) is 12.1. The van der Waals surface area contributed by atoms with Crippen LogP contribution in [0.5, 0.6) is 11.5 Å². The minimum atomic E-state index is 0.0788. The molecule has 1 aliphatic carbocycles. The fourth-order valence-electron chi connectivity index (χ4n) is 2.48. The van der Waals surface area contributed by atoms with Crippen LogP contribution in [0.1, 0.15) is 42.2 Å². The van der Waals surface area contributed by atoms with Gasteiger partial charge in [-0.25, -0.2) is 0 Å². The van der Waals surface area contributed by atoms with Crippen LogP contribution in [-0.2, 0) is 0 Å². The van der Waals surface area contributed by atoms with Crippen molar-refractivity contribution in [3.05, 3.63) is 23.3 Å². The first-order valence-corrected chi connectivity index (χ1v) is 6.96. The SMILES string of the molecule is COc1cc(C)c(C(Cl)CC2CCC2)cc1OC. The Morgan fingerprint density at radius 1 is 1.22 bits per heavy atom. The maximum atomic E-state index is 6.55. The highest BCUT2D eigenvalue weighted by Gasteiger charge is 2.23. The van der Waals surface area contributed by atoms with Crippen LogP contribution in [-0.4, -0.2) is 14.2 Å². The minimum absolute atomic E-state index is 0.0788. The van der Waals surface area contributed by atoms with Crippen LogP contribution in [0.25, 0.3) is 0 Å². The third-order valence-corrected chi connectivity index (χ3v) is 4.29. The topological polar surface area (TPSA) is 18.5 Å². The van der Waals surface area contributed by atoms with E-state index >= 15 is 0 Å². The van der Waals surface area contributed by atoms with Gasteiger partial charge in [-0.1, -0.05) is 19.3 Å². The molecule has 0 saturated heterocycles. The molecule has 2 nitrogen and oxygen atoms in total. The van der Waals surface area contributed by atoms with Crippen molar-refractivity contribution in [1.29, 1.82) is 0 Å². The number of hydrogen-bond acceptors (Lipinski definition) is 2. The maximum Gasteiger partial charge on any atom is 0.161 e. The molecule has 0 bridgehead atoms. The molecular weight excluding hydrogens is 248 g/mol. The van der Waals surface area contributed by atoms with Gasteiger partial charge in [0.2, 0.25) is 0 Å². The number of alkyl halides is 1. The third kappa shape index (κ3) is 2.74. The summed E-state index contributed by atoms with van der Waals surface area (Å²) in [6.07, 6.45) is 5.09. The highest BCUT2D eigenvalue weighted by Crippen LogP contribution is 2.41. The quantitative estimate of drug-likeness (QED) is 0.733. The maximum absolute atomic E-state index is 6.55. The predicted octanol–water partition coefficient (Wildman–Crippen LogP) is 4.48. The van der Waals surface area contributed by atoms with Crippen LogP contribution >= 0.6 is 11.6 Å². The van der Waals surface area contributed by atoms with Crippen molar-refractivity contribution in [3.8, 4) is 11.5 Å². The molecule has 1 saturated carbocycles. The van der Waals surface area contributed by atoms with Gasteiger partial charge in [0.05, 0.1) is 19.6 Å². The number of rotatable bonds is 5. The van der Waals surface area contributed by atoms with Crippen molar-refractivity contribution in [2.24, 2.45) is 5.92 Å². The molecule has 3 heteroatoms. The van der Waals surface area contributed by atoms with Crippen LogP contribution in [0.4, 0.5) is 0 Å². The Balaban J connectivity index is 2.20. The molecule has 1 aliphatic rings. The first-order chi connectivity index (χ1) is 8.65. The van der Waals surface area contributed by atoms with Crippen LogP contribution in [0, 0.1) is 12.8 Å². The molecule has 0 spiro atoms. The van der Waals surface area contributed by atoms with Crippen LogP contribution < -0.4 is 9.47 Å². The van der Waals surface area contributed by atoms with Crippen molar-refractivity contribution < 1.29 is 9.47 Å². The first kappa shape index (κ1) is 13.5. The smallest absolute Gasteiger partial charge is 0.161 e. The lowest BCUT2D eigenvalue weighted by Gasteiger charge is -2.28.